The third kappa shape index (κ3) is 4.90. The van der Waals surface area contributed by atoms with Crippen molar-refractivity contribution < 1.29 is 9.53 Å². The SMILES string of the molecule is COc1cccc(CCC(=O)N(C)CCc2cccs2)c1. The van der Waals surface area contributed by atoms with E-state index in [9.17, 15) is 4.79 Å². The van der Waals surface area contributed by atoms with Crippen molar-refractivity contribution in [2.75, 3.05) is 20.7 Å². The molecule has 1 heterocycles. The second-order valence-corrected chi connectivity index (χ2v) is 6.03. The Balaban J connectivity index is 1.77. The molecule has 1 amide bonds. The van der Waals surface area contributed by atoms with Gasteiger partial charge in [0.15, 0.2) is 0 Å². The predicted molar refractivity (Wildman–Crippen MR) is 87.0 cm³/mol. The smallest absolute Gasteiger partial charge is 0.222 e. The summed E-state index contributed by atoms with van der Waals surface area (Å²) in [5, 5.41) is 2.07. The lowest BCUT2D eigenvalue weighted by atomic mass is 10.1. The van der Waals surface area contributed by atoms with E-state index in [1.54, 1.807) is 18.4 Å². The minimum absolute atomic E-state index is 0.189. The normalized spacial score (nSPS) is 10.4. The highest BCUT2D eigenvalue weighted by molar-refractivity contribution is 7.09. The molecule has 0 N–H and O–H groups in total. The Kier molecular flexibility index (Phi) is 5.81. The highest BCUT2D eigenvalue weighted by Crippen LogP contribution is 2.14. The van der Waals surface area contributed by atoms with Crippen molar-refractivity contribution in [2.45, 2.75) is 19.3 Å². The van der Waals surface area contributed by atoms with Gasteiger partial charge in [0.25, 0.3) is 0 Å². The van der Waals surface area contributed by atoms with Crippen LogP contribution in [0.25, 0.3) is 0 Å². The number of methoxy groups -OCH3 is 1. The van der Waals surface area contributed by atoms with E-state index in [1.807, 2.05) is 42.3 Å². The first-order valence-electron chi connectivity index (χ1n) is 7.08. The van der Waals surface area contributed by atoms with E-state index < -0.39 is 0 Å². The Morgan fingerprint density at radius 3 is 2.81 bits per heavy atom. The molecule has 2 rings (SSSR count). The number of hydrogen-bond donors (Lipinski definition) is 0. The second kappa shape index (κ2) is 7.84. The summed E-state index contributed by atoms with van der Waals surface area (Å²) < 4.78 is 5.19. The summed E-state index contributed by atoms with van der Waals surface area (Å²) in [5.41, 5.74) is 1.13. The molecule has 0 saturated carbocycles. The quantitative estimate of drug-likeness (QED) is 0.784. The number of amides is 1. The molecule has 0 saturated heterocycles. The number of benzene rings is 1. The monoisotopic (exact) mass is 303 g/mol. The maximum atomic E-state index is 12.1. The fourth-order valence-corrected chi connectivity index (χ4v) is 2.83. The van der Waals surface area contributed by atoms with Gasteiger partial charge in [-0.2, -0.15) is 0 Å². The van der Waals surface area contributed by atoms with Gasteiger partial charge in [0, 0.05) is 24.9 Å². The van der Waals surface area contributed by atoms with Crippen LogP contribution < -0.4 is 4.74 Å². The van der Waals surface area contributed by atoms with Crippen LogP contribution in [0.3, 0.4) is 0 Å². The average molecular weight is 303 g/mol. The van der Waals surface area contributed by atoms with Crippen LogP contribution in [0.4, 0.5) is 0 Å². The number of likely N-dealkylation sites (N-methyl/N-ethyl adjacent to an activating group) is 1. The first-order chi connectivity index (χ1) is 10.2. The molecule has 0 unspecified atom stereocenters. The summed E-state index contributed by atoms with van der Waals surface area (Å²) in [6.45, 7) is 0.775. The van der Waals surface area contributed by atoms with E-state index >= 15 is 0 Å². The van der Waals surface area contributed by atoms with Crippen molar-refractivity contribution in [1.29, 1.82) is 0 Å². The zero-order valence-electron chi connectivity index (χ0n) is 12.5. The van der Waals surface area contributed by atoms with Crippen LogP contribution >= 0.6 is 11.3 Å². The molecule has 0 atom stereocenters. The number of carbonyl (C=O) groups is 1. The van der Waals surface area contributed by atoms with E-state index in [4.69, 9.17) is 4.74 Å². The van der Waals surface area contributed by atoms with E-state index in [1.165, 1.54) is 4.88 Å². The zero-order chi connectivity index (χ0) is 15.1. The molecule has 1 aromatic heterocycles. The van der Waals surface area contributed by atoms with Gasteiger partial charge in [-0.3, -0.25) is 4.79 Å². The van der Waals surface area contributed by atoms with E-state index in [-0.39, 0.29) is 5.91 Å². The number of hydrogen-bond acceptors (Lipinski definition) is 3. The van der Waals surface area contributed by atoms with Crippen LogP contribution in [-0.4, -0.2) is 31.5 Å². The fraction of sp³-hybridized carbons (Fsp3) is 0.353. The molecule has 21 heavy (non-hydrogen) atoms. The number of ether oxygens (including phenoxy) is 1. The van der Waals surface area contributed by atoms with Crippen molar-refractivity contribution in [1.82, 2.24) is 4.90 Å². The van der Waals surface area contributed by atoms with Gasteiger partial charge >= 0.3 is 0 Å². The molecule has 1 aromatic carbocycles. The van der Waals surface area contributed by atoms with Gasteiger partial charge in [-0.25, -0.2) is 0 Å². The minimum Gasteiger partial charge on any atom is -0.497 e. The Bertz CT molecular complexity index is 566. The second-order valence-electron chi connectivity index (χ2n) is 5.00. The number of carbonyl (C=O) groups excluding carboxylic acids is 1. The zero-order valence-corrected chi connectivity index (χ0v) is 13.4. The largest absolute Gasteiger partial charge is 0.497 e. The van der Waals surface area contributed by atoms with Gasteiger partial charge in [0.2, 0.25) is 5.91 Å². The highest BCUT2D eigenvalue weighted by atomic mass is 32.1. The van der Waals surface area contributed by atoms with Gasteiger partial charge in [-0.1, -0.05) is 18.2 Å². The highest BCUT2D eigenvalue weighted by Gasteiger charge is 2.09. The molecule has 0 fully saturated rings. The summed E-state index contributed by atoms with van der Waals surface area (Å²) in [5.74, 6) is 1.03. The molecule has 3 nitrogen and oxygen atoms in total. The summed E-state index contributed by atoms with van der Waals surface area (Å²) in [6, 6.07) is 12.0. The van der Waals surface area contributed by atoms with Gasteiger partial charge in [0.1, 0.15) is 5.75 Å². The van der Waals surface area contributed by atoms with Gasteiger partial charge in [-0.05, 0) is 42.0 Å². The number of thiophene rings is 1. The molecule has 0 aliphatic carbocycles. The lowest BCUT2D eigenvalue weighted by molar-refractivity contribution is -0.129. The molecule has 2 aromatic rings. The molecule has 112 valence electrons. The van der Waals surface area contributed by atoms with Crippen LogP contribution in [0.2, 0.25) is 0 Å². The maximum absolute atomic E-state index is 12.1. The molecular formula is C17H21NO2S. The van der Waals surface area contributed by atoms with Crippen LogP contribution in [0.15, 0.2) is 41.8 Å². The number of rotatable bonds is 7. The summed E-state index contributed by atoms with van der Waals surface area (Å²) in [6.07, 6.45) is 2.21. The molecule has 4 heteroatoms. The average Bonchev–Trinajstić information content (AvgIpc) is 3.03. The first-order valence-corrected chi connectivity index (χ1v) is 7.96. The minimum atomic E-state index is 0.189. The Morgan fingerprint density at radius 1 is 1.24 bits per heavy atom. The third-order valence-corrected chi connectivity index (χ3v) is 4.40. The summed E-state index contributed by atoms with van der Waals surface area (Å²) >= 11 is 1.74. The molecule has 0 radical (unpaired) electrons. The third-order valence-electron chi connectivity index (χ3n) is 3.46. The standard InChI is InChI=1S/C17H21NO2S/c1-18(11-10-16-7-4-12-21-16)17(19)9-8-14-5-3-6-15(13-14)20-2/h3-7,12-13H,8-11H2,1-2H3. The Hall–Kier alpha value is -1.81. The maximum Gasteiger partial charge on any atom is 0.222 e. The number of nitrogens with zero attached hydrogens (tertiary/aromatic N) is 1. The van der Waals surface area contributed by atoms with Crippen molar-refractivity contribution in [2.24, 2.45) is 0 Å². The number of aryl methyl sites for hydroxylation is 1. The Morgan fingerprint density at radius 2 is 2.10 bits per heavy atom. The molecule has 0 aliphatic heterocycles. The van der Waals surface area contributed by atoms with Crippen LogP contribution in [0.5, 0.6) is 5.75 Å². The molecule has 0 spiro atoms. The Labute approximate surface area is 130 Å². The topological polar surface area (TPSA) is 29.5 Å². The predicted octanol–water partition coefficient (Wildman–Crippen LogP) is 3.39. The molecule has 0 aliphatic rings. The summed E-state index contributed by atoms with van der Waals surface area (Å²) in [7, 11) is 3.53. The van der Waals surface area contributed by atoms with Gasteiger partial charge < -0.3 is 9.64 Å². The van der Waals surface area contributed by atoms with Gasteiger partial charge in [-0.15, -0.1) is 11.3 Å². The van der Waals surface area contributed by atoms with E-state index in [0.29, 0.717) is 6.42 Å². The van der Waals surface area contributed by atoms with Crippen LogP contribution in [0.1, 0.15) is 16.9 Å². The lowest BCUT2D eigenvalue weighted by Gasteiger charge is -2.16. The lowest BCUT2D eigenvalue weighted by Crippen LogP contribution is -2.28. The van der Waals surface area contributed by atoms with Crippen molar-refractivity contribution in [3.8, 4) is 5.75 Å². The van der Waals surface area contributed by atoms with E-state index in [0.717, 1.165) is 30.7 Å². The fourth-order valence-electron chi connectivity index (χ4n) is 2.13. The van der Waals surface area contributed by atoms with Crippen molar-refractivity contribution in [3.05, 3.63) is 52.2 Å². The van der Waals surface area contributed by atoms with Crippen molar-refractivity contribution >= 4 is 17.2 Å². The van der Waals surface area contributed by atoms with Crippen LogP contribution in [0, 0.1) is 0 Å². The van der Waals surface area contributed by atoms with Gasteiger partial charge in [0.05, 0.1) is 7.11 Å². The van der Waals surface area contributed by atoms with Crippen molar-refractivity contribution in [3.63, 3.8) is 0 Å². The summed E-state index contributed by atoms with van der Waals surface area (Å²) in [4.78, 5) is 15.3. The van der Waals surface area contributed by atoms with E-state index in [2.05, 4.69) is 11.4 Å². The molecular weight excluding hydrogens is 282 g/mol. The van der Waals surface area contributed by atoms with Crippen LogP contribution in [-0.2, 0) is 17.6 Å². The first kappa shape index (κ1) is 15.6. The molecule has 0 bridgehead atoms.